The van der Waals surface area contributed by atoms with Crippen LogP contribution in [0.1, 0.15) is 25.7 Å². The van der Waals surface area contributed by atoms with Crippen LogP contribution in [0.4, 0.5) is 5.69 Å². The van der Waals surface area contributed by atoms with E-state index in [0.29, 0.717) is 6.54 Å². The van der Waals surface area contributed by atoms with Crippen LogP contribution in [-0.2, 0) is 0 Å². The van der Waals surface area contributed by atoms with Gasteiger partial charge in [0.1, 0.15) is 12.2 Å². The third-order valence-electron chi connectivity index (χ3n) is 5.36. The minimum Gasteiger partial charge on any atom is -0.395 e. The van der Waals surface area contributed by atoms with Gasteiger partial charge in [-0.3, -0.25) is 10.00 Å². The van der Waals surface area contributed by atoms with Crippen LogP contribution in [0.25, 0.3) is 10.9 Å². The van der Waals surface area contributed by atoms with Crippen molar-refractivity contribution in [3.05, 3.63) is 24.4 Å². The zero-order valence-electron chi connectivity index (χ0n) is 15.5. The normalized spacial score (nSPS) is 26.5. The van der Waals surface area contributed by atoms with Crippen molar-refractivity contribution in [1.29, 1.82) is 0 Å². The Morgan fingerprint density at radius 3 is 2.74 bits per heavy atom. The Morgan fingerprint density at radius 2 is 1.93 bits per heavy atom. The second-order valence-corrected chi connectivity index (χ2v) is 7.31. The summed E-state index contributed by atoms with van der Waals surface area (Å²) in [7, 11) is 0. The van der Waals surface area contributed by atoms with Crippen molar-refractivity contribution < 1.29 is 20.4 Å². The number of H-pyrrole nitrogens is 1. The summed E-state index contributed by atoms with van der Waals surface area (Å²) in [5.41, 5.74) is 2.10. The number of anilines is 1. The Morgan fingerprint density at radius 1 is 1.11 bits per heavy atom. The van der Waals surface area contributed by atoms with Gasteiger partial charge in [-0.1, -0.05) is 12.8 Å². The van der Waals surface area contributed by atoms with E-state index in [2.05, 4.69) is 21.6 Å². The summed E-state index contributed by atoms with van der Waals surface area (Å²) in [6, 6.07) is 5.63. The Bertz CT molecular complexity index is 710. The van der Waals surface area contributed by atoms with Gasteiger partial charge < -0.3 is 25.7 Å². The highest BCUT2D eigenvalue weighted by molar-refractivity contribution is 5.81. The number of fused-ring (bicyclic) bond motifs is 1. The number of unbranched alkanes of at least 4 members (excludes halogenated alkanes) is 3. The van der Waals surface area contributed by atoms with Crippen LogP contribution < -0.4 is 5.32 Å². The number of piperidine rings is 1. The maximum Gasteiger partial charge on any atom is 0.109 e. The smallest absolute Gasteiger partial charge is 0.109 e. The van der Waals surface area contributed by atoms with E-state index in [0.717, 1.165) is 48.8 Å². The van der Waals surface area contributed by atoms with Gasteiger partial charge in [-0.15, -0.1) is 0 Å². The largest absolute Gasteiger partial charge is 0.395 e. The van der Waals surface area contributed by atoms with Gasteiger partial charge in [-0.2, -0.15) is 5.10 Å². The molecule has 150 valence electrons. The predicted octanol–water partition coefficient (Wildman–Crippen LogP) is 0.294. The predicted molar refractivity (Wildman–Crippen MR) is 104 cm³/mol. The molecule has 27 heavy (non-hydrogen) atoms. The van der Waals surface area contributed by atoms with E-state index in [1.807, 2.05) is 23.2 Å². The molecule has 1 saturated heterocycles. The highest BCUT2D eigenvalue weighted by atomic mass is 16.4. The number of likely N-dealkylation sites (tertiary alicyclic amines) is 1. The topological polar surface area (TPSA) is 125 Å². The zero-order valence-corrected chi connectivity index (χ0v) is 15.5. The minimum atomic E-state index is -1.19. The summed E-state index contributed by atoms with van der Waals surface area (Å²) in [4.78, 5) is 1.87. The van der Waals surface area contributed by atoms with E-state index in [1.54, 1.807) is 0 Å². The Balaban J connectivity index is 1.32. The van der Waals surface area contributed by atoms with Crippen molar-refractivity contribution in [3.63, 3.8) is 0 Å². The molecule has 0 aliphatic carbocycles. The fourth-order valence-electron chi connectivity index (χ4n) is 3.71. The molecular formula is C19H30N4O4. The van der Waals surface area contributed by atoms with Crippen molar-refractivity contribution in [2.45, 2.75) is 50.0 Å². The van der Waals surface area contributed by atoms with Crippen molar-refractivity contribution in [2.24, 2.45) is 0 Å². The van der Waals surface area contributed by atoms with Crippen molar-refractivity contribution in [1.82, 2.24) is 15.1 Å². The zero-order chi connectivity index (χ0) is 19.2. The lowest BCUT2D eigenvalue weighted by Gasteiger charge is -2.43. The maximum atomic E-state index is 9.99. The second-order valence-electron chi connectivity index (χ2n) is 7.31. The average Bonchev–Trinajstić information content (AvgIpc) is 3.13. The average molecular weight is 378 g/mol. The highest BCUT2D eigenvalue weighted by Crippen LogP contribution is 2.20. The van der Waals surface area contributed by atoms with E-state index in [4.69, 9.17) is 0 Å². The Kier molecular flexibility index (Phi) is 7.03. The molecule has 1 fully saturated rings. The van der Waals surface area contributed by atoms with Crippen LogP contribution in [0.15, 0.2) is 24.4 Å². The molecular weight excluding hydrogens is 348 g/mol. The fraction of sp³-hybridized carbons (Fsp3) is 0.632. The summed E-state index contributed by atoms with van der Waals surface area (Å²) in [6.45, 7) is 1.64. The van der Waals surface area contributed by atoms with Crippen LogP contribution in [0.2, 0.25) is 0 Å². The van der Waals surface area contributed by atoms with Crippen LogP contribution in [-0.4, -0.2) is 86.1 Å². The monoisotopic (exact) mass is 378 g/mol. The Hall–Kier alpha value is -1.71. The first-order chi connectivity index (χ1) is 13.1. The molecule has 4 atom stereocenters. The quantitative estimate of drug-likeness (QED) is 0.347. The van der Waals surface area contributed by atoms with E-state index < -0.39 is 24.4 Å². The molecule has 0 spiro atoms. The van der Waals surface area contributed by atoms with Crippen molar-refractivity contribution >= 4 is 16.6 Å². The van der Waals surface area contributed by atoms with Gasteiger partial charge in [0.05, 0.1) is 30.5 Å². The number of aliphatic hydroxyl groups excluding tert-OH is 4. The summed E-state index contributed by atoms with van der Waals surface area (Å²) in [6.07, 6.45) is 2.61. The number of nitrogens with one attached hydrogen (secondary N) is 2. The molecule has 0 amide bonds. The van der Waals surface area contributed by atoms with E-state index in [1.165, 1.54) is 0 Å². The lowest BCUT2D eigenvalue weighted by Crippen LogP contribution is -2.62. The standard InChI is InChI=1S/C19H30N4O4/c24-12-16-18(26)19(27)17(25)11-23(16)8-4-2-1-3-7-20-14-6-5-13-10-21-22-15(13)9-14/h5-6,9-10,16-20,24-27H,1-4,7-8,11-12H2,(H,21,22)/t16-,17+,18-,19-/m1/s1. The summed E-state index contributed by atoms with van der Waals surface area (Å²) < 4.78 is 0. The summed E-state index contributed by atoms with van der Waals surface area (Å²) in [5, 5.41) is 50.5. The second kappa shape index (κ2) is 9.48. The van der Waals surface area contributed by atoms with Gasteiger partial charge in [0.25, 0.3) is 0 Å². The number of nitrogens with zero attached hydrogens (tertiary/aromatic N) is 2. The molecule has 1 aliphatic rings. The Labute approximate surface area is 158 Å². The molecule has 0 unspecified atom stereocenters. The van der Waals surface area contributed by atoms with E-state index in [-0.39, 0.29) is 13.2 Å². The molecule has 0 bridgehead atoms. The van der Waals surface area contributed by atoms with Gasteiger partial charge in [0.2, 0.25) is 0 Å². The number of β-amino-alcohol motifs (C(OH)–C–C–N with tert-alkyl or cyclic N) is 1. The van der Waals surface area contributed by atoms with Crippen LogP contribution >= 0.6 is 0 Å². The minimum absolute atomic E-state index is 0.227. The summed E-state index contributed by atoms with van der Waals surface area (Å²) >= 11 is 0. The lowest BCUT2D eigenvalue weighted by molar-refractivity contribution is -0.145. The first kappa shape index (κ1) is 20.0. The first-order valence-electron chi connectivity index (χ1n) is 9.66. The number of aliphatic hydroxyl groups is 4. The van der Waals surface area contributed by atoms with Crippen LogP contribution in [0.3, 0.4) is 0 Å². The van der Waals surface area contributed by atoms with Crippen LogP contribution in [0.5, 0.6) is 0 Å². The maximum absolute atomic E-state index is 9.99. The number of benzene rings is 1. The van der Waals surface area contributed by atoms with E-state index in [9.17, 15) is 20.4 Å². The molecule has 1 aliphatic heterocycles. The number of aromatic nitrogens is 2. The van der Waals surface area contributed by atoms with Gasteiger partial charge in [-0.05, 0) is 37.6 Å². The number of aromatic amines is 1. The van der Waals surface area contributed by atoms with Gasteiger partial charge >= 0.3 is 0 Å². The fourth-order valence-corrected chi connectivity index (χ4v) is 3.71. The molecule has 1 aromatic carbocycles. The molecule has 0 radical (unpaired) electrons. The molecule has 1 aromatic heterocycles. The highest BCUT2D eigenvalue weighted by Gasteiger charge is 2.40. The molecule has 8 heteroatoms. The first-order valence-corrected chi connectivity index (χ1v) is 9.66. The van der Waals surface area contributed by atoms with Crippen molar-refractivity contribution in [2.75, 3.05) is 31.6 Å². The molecule has 2 aromatic rings. The third-order valence-corrected chi connectivity index (χ3v) is 5.36. The number of hydrogen-bond acceptors (Lipinski definition) is 7. The molecule has 8 nitrogen and oxygen atoms in total. The molecule has 6 N–H and O–H groups in total. The van der Waals surface area contributed by atoms with E-state index >= 15 is 0 Å². The van der Waals surface area contributed by atoms with Gasteiger partial charge in [-0.25, -0.2) is 0 Å². The number of rotatable bonds is 9. The van der Waals surface area contributed by atoms with Crippen molar-refractivity contribution in [3.8, 4) is 0 Å². The lowest BCUT2D eigenvalue weighted by atomic mass is 9.94. The van der Waals surface area contributed by atoms with Gasteiger partial charge in [0.15, 0.2) is 0 Å². The summed E-state index contributed by atoms with van der Waals surface area (Å²) in [5.74, 6) is 0. The SMILES string of the molecule is OC[C@@H]1[C@@H](O)[C@H](O)[C@@H](O)CN1CCCCCCNc1ccc2cn[nH]c2c1. The molecule has 2 heterocycles. The van der Waals surface area contributed by atoms with Crippen LogP contribution in [0, 0.1) is 0 Å². The number of hydrogen-bond donors (Lipinski definition) is 6. The third kappa shape index (κ3) is 4.97. The molecule has 3 rings (SSSR count). The molecule has 0 saturated carbocycles. The van der Waals surface area contributed by atoms with Gasteiger partial charge in [0, 0.05) is 24.2 Å².